The molecular weight excluding hydrogens is 434 g/mol. The summed E-state index contributed by atoms with van der Waals surface area (Å²) in [5.74, 6) is -0.559. The van der Waals surface area contributed by atoms with E-state index in [0.717, 1.165) is 11.1 Å². The first-order valence-corrected chi connectivity index (χ1v) is 12.1. The van der Waals surface area contributed by atoms with Crippen molar-refractivity contribution in [3.63, 3.8) is 0 Å². The molecule has 33 heavy (non-hydrogen) atoms. The van der Waals surface area contributed by atoms with Gasteiger partial charge in [-0.3, -0.25) is 0 Å². The lowest BCUT2D eigenvalue weighted by Crippen LogP contribution is -2.26. The number of carbonyl (C=O) groups is 1. The summed E-state index contributed by atoms with van der Waals surface area (Å²) in [6.45, 7) is 1.98. The number of benzene rings is 4. The Balaban J connectivity index is 1.44. The Labute approximate surface area is 194 Å². The molecule has 0 spiro atoms. The van der Waals surface area contributed by atoms with Crippen molar-refractivity contribution >= 4 is 26.8 Å². The molecule has 0 amide bonds. The summed E-state index contributed by atoms with van der Waals surface area (Å²) in [6, 6.07) is 27.2. The molecule has 0 bridgehead atoms. The van der Waals surface area contributed by atoms with Crippen LogP contribution in [0.15, 0.2) is 89.8 Å². The lowest BCUT2D eigenvalue weighted by Gasteiger charge is -2.10. The first kappa shape index (κ1) is 22.7. The van der Waals surface area contributed by atoms with Crippen LogP contribution in [0.25, 0.3) is 21.9 Å². The van der Waals surface area contributed by atoms with Gasteiger partial charge < -0.3 is 4.74 Å². The number of fused-ring (bicyclic) bond motifs is 1. The maximum Gasteiger partial charge on any atom is 0.338 e. The van der Waals surface area contributed by atoms with Gasteiger partial charge in [0.25, 0.3) is 0 Å². The minimum atomic E-state index is -3.74. The van der Waals surface area contributed by atoms with Crippen LogP contribution in [0.2, 0.25) is 0 Å². The molecule has 0 fully saturated rings. The van der Waals surface area contributed by atoms with Crippen LogP contribution in [-0.4, -0.2) is 28.0 Å². The number of carbonyl (C=O) groups excluding carboxylic acids is 1. The van der Waals surface area contributed by atoms with Crippen LogP contribution in [0.1, 0.15) is 21.5 Å². The number of ether oxygens (including phenoxy) is 1. The Morgan fingerprint density at radius 2 is 1.64 bits per heavy atom. The van der Waals surface area contributed by atoms with Crippen LogP contribution in [0.4, 0.5) is 0 Å². The Kier molecular flexibility index (Phi) is 6.58. The standard InChI is InChI=1S/C27H25NO4S/c1-19-10-15-23(18-26(19)27(29)32-2)33(30,31)28-17-16-20-11-13-22(14-12-20)25-9-5-7-21-6-3-4-8-24(21)25/h3-15,18,28H,16-17H2,1-2H3. The van der Waals surface area contributed by atoms with Gasteiger partial charge >= 0.3 is 5.97 Å². The summed E-state index contributed by atoms with van der Waals surface area (Å²) in [6.07, 6.45) is 0.546. The smallest absolute Gasteiger partial charge is 0.338 e. The fraction of sp³-hybridized carbons (Fsp3) is 0.148. The second kappa shape index (κ2) is 9.57. The molecule has 168 valence electrons. The van der Waals surface area contributed by atoms with E-state index in [1.165, 1.54) is 35.6 Å². The molecule has 0 aliphatic heterocycles. The summed E-state index contributed by atoms with van der Waals surface area (Å²) < 4.78 is 32.7. The van der Waals surface area contributed by atoms with Crippen molar-refractivity contribution in [2.45, 2.75) is 18.2 Å². The quantitative estimate of drug-likeness (QED) is 0.389. The maximum absolute atomic E-state index is 12.7. The predicted octanol–water partition coefficient (Wildman–Crippen LogP) is 5.12. The highest BCUT2D eigenvalue weighted by molar-refractivity contribution is 7.89. The first-order chi connectivity index (χ1) is 15.9. The molecule has 0 saturated carbocycles. The van der Waals surface area contributed by atoms with Gasteiger partial charge in [-0.25, -0.2) is 17.9 Å². The maximum atomic E-state index is 12.7. The Morgan fingerprint density at radius 1 is 0.909 bits per heavy atom. The molecule has 0 atom stereocenters. The van der Waals surface area contributed by atoms with E-state index in [0.29, 0.717) is 12.0 Å². The molecule has 0 radical (unpaired) electrons. The summed E-state index contributed by atoms with van der Waals surface area (Å²) in [5.41, 5.74) is 4.21. The number of methoxy groups -OCH3 is 1. The van der Waals surface area contributed by atoms with Gasteiger partial charge in [0, 0.05) is 6.54 Å². The van der Waals surface area contributed by atoms with Crippen molar-refractivity contribution in [3.8, 4) is 11.1 Å². The van der Waals surface area contributed by atoms with E-state index in [1.54, 1.807) is 13.0 Å². The number of esters is 1. The number of nitrogens with one attached hydrogen (secondary N) is 1. The van der Waals surface area contributed by atoms with Gasteiger partial charge in [-0.05, 0) is 58.5 Å². The zero-order valence-electron chi connectivity index (χ0n) is 18.5. The average molecular weight is 460 g/mol. The van der Waals surface area contributed by atoms with Gasteiger partial charge in [0.2, 0.25) is 10.0 Å². The molecule has 0 unspecified atom stereocenters. The molecule has 4 aromatic carbocycles. The molecular formula is C27H25NO4S. The molecule has 0 aromatic heterocycles. The van der Waals surface area contributed by atoms with E-state index in [1.807, 2.05) is 24.3 Å². The topological polar surface area (TPSA) is 72.5 Å². The summed E-state index contributed by atoms with van der Waals surface area (Å²) in [7, 11) is -2.47. The van der Waals surface area contributed by atoms with Gasteiger partial charge in [0.1, 0.15) is 0 Å². The number of rotatable bonds is 7. The van der Waals surface area contributed by atoms with Crippen molar-refractivity contribution in [1.82, 2.24) is 4.72 Å². The van der Waals surface area contributed by atoms with E-state index in [-0.39, 0.29) is 17.0 Å². The van der Waals surface area contributed by atoms with Crippen LogP contribution >= 0.6 is 0 Å². The lowest BCUT2D eigenvalue weighted by atomic mass is 9.97. The zero-order valence-corrected chi connectivity index (χ0v) is 19.4. The van der Waals surface area contributed by atoms with Crippen molar-refractivity contribution in [3.05, 3.63) is 102 Å². The highest BCUT2D eigenvalue weighted by Gasteiger charge is 2.18. The number of sulfonamides is 1. The van der Waals surface area contributed by atoms with Crippen molar-refractivity contribution < 1.29 is 17.9 Å². The minimum absolute atomic E-state index is 0.0415. The van der Waals surface area contributed by atoms with Crippen LogP contribution in [-0.2, 0) is 21.2 Å². The molecule has 0 aliphatic rings. The summed E-state index contributed by atoms with van der Waals surface area (Å²) in [5, 5.41) is 2.39. The number of aryl methyl sites for hydroxylation is 1. The first-order valence-electron chi connectivity index (χ1n) is 10.6. The second-order valence-corrected chi connectivity index (χ2v) is 9.61. The Morgan fingerprint density at radius 3 is 2.39 bits per heavy atom. The SMILES string of the molecule is COC(=O)c1cc(S(=O)(=O)NCCc2ccc(-c3cccc4ccccc34)cc2)ccc1C. The fourth-order valence-electron chi connectivity index (χ4n) is 3.84. The third-order valence-corrected chi connectivity index (χ3v) is 7.14. The van der Waals surface area contributed by atoms with Crippen LogP contribution in [0.5, 0.6) is 0 Å². The van der Waals surface area contributed by atoms with Crippen LogP contribution < -0.4 is 4.72 Å². The largest absolute Gasteiger partial charge is 0.465 e. The minimum Gasteiger partial charge on any atom is -0.465 e. The average Bonchev–Trinajstić information content (AvgIpc) is 2.84. The van der Waals surface area contributed by atoms with Gasteiger partial charge in [0.15, 0.2) is 0 Å². The van der Waals surface area contributed by atoms with E-state index < -0.39 is 16.0 Å². The third kappa shape index (κ3) is 4.97. The molecule has 6 heteroatoms. The van der Waals surface area contributed by atoms with Gasteiger partial charge in [0.05, 0.1) is 17.6 Å². The molecule has 0 saturated heterocycles. The molecule has 1 N–H and O–H groups in total. The summed E-state index contributed by atoms with van der Waals surface area (Å²) in [4.78, 5) is 11.9. The van der Waals surface area contributed by atoms with Crippen LogP contribution in [0.3, 0.4) is 0 Å². The Bertz CT molecular complexity index is 1400. The van der Waals surface area contributed by atoms with Gasteiger partial charge in [-0.1, -0.05) is 72.8 Å². The van der Waals surface area contributed by atoms with E-state index in [2.05, 4.69) is 47.2 Å². The van der Waals surface area contributed by atoms with Crippen molar-refractivity contribution in [2.24, 2.45) is 0 Å². The second-order valence-electron chi connectivity index (χ2n) is 7.84. The highest BCUT2D eigenvalue weighted by Crippen LogP contribution is 2.28. The van der Waals surface area contributed by atoms with E-state index in [9.17, 15) is 13.2 Å². The van der Waals surface area contributed by atoms with E-state index in [4.69, 9.17) is 4.74 Å². The Hall–Kier alpha value is -3.48. The van der Waals surface area contributed by atoms with E-state index >= 15 is 0 Å². The normalized spacial score (nSPS) is 11.5. The monoisotopic (exact) mass is 459 g/mol. The molecule has 0 heterocycles. The molecule has 4 rings (SSSR count). The lowest BCUT2D eigenvalue weighted by molar-refractivity contribution is 0.0599. The highest BCUT2D eigenvalue weighted by atomic mass is 32.2. The van der Waals surface area contributed by atoms with Crippen LogP contribution in [0, 0.1) is 6.92 Å². The third-order valence-electron chi connectivity index (χ3n) is 5.68. The molecule has 4 aromatic rings. The van der Waals surface area contributed by atoms with Crippen molar-refractivity contribution in [2.75, 3.05) is 13.7 Å². The van der Waals surface area contributed by atoms with Gasteiger partial charge in [-0.15, -0.1) is 0 Å². The predicted molar refractivity (Wildman–Crippen MR) is 131 cm³/mol. The fourth-order valence-corrected chi connectivity index (χ4v) is 4.90. The van der Waals surface area contributed by atoms with Crippen molar-refractivity contribution in [1.29, 1.82) is 0 Å². The molecule has 5 nitrogen and oxygen atoms in total. The number of hydrogen-bond acceptors (Lipinski definition) is 4. The zero-order chi connectivity index (χ0) is 23.4. The van der Waals surface area contributed by atoms with Gasteiger partial charge in [-0.2, -0.15) is 0 Å². The summed E-state index contributed by atoms with van der Waals surface area (Å²) >= 11 is 0. The number of hydrogen-bond donors (Lipinski definition) is 1. The molecule has 0 aliphatic carbocycles.